The molecule has 0 fully saturated rings. The SMILES string of the molecule is CCC(N)C(C)c1ccccc1F. The second-order valence-corrected chi connectivity index (χ2v) is 3.38. The molecule has 2 atom stereocenters. The van der Waals surface area contributed by atoms with Gasteiger partial charge < -0.3 is 5.73 Å². The summed E-state index contributed by atoms with van der Waals surface area (Å²) in [5, 5.41) is 0. The lowest BCUT2D eigenvalue weighted by Crippen LogP contribution is -2.26. The highest BCUT2D eigenvalue weighted by Gasteiger charge is 2.15. The van der Waals surface area contributed by atoms with Crippen molar-refractivity contribution in [3.63, 3.8) is 0 Å². The van der Waals surface area contributed by atoms with E-state index in [-0.39, 0.29) is 17.8 Å². The molecule has 1 rings (SSSR count). The lowest BCUT2D eigenvalue weighted by molar-refractivity contribution is 0.516. The van der Waals surface area contributed by atoms with Crippen LogP contribution in [-0.4, -0.2) is 6.04 Å². The zero-order valence-electron chi connectivity index (χ0n) is 8.13. The summed E-state index contributed by atoms with van der Waals surface area (Å²) in [6.45, 7) is 3.98. The summed E-state index contributed by atoms with van der Waals surface area (Å²) in [6, 6.07) is 6.86. The quantitative estimate of drug-likeness (QED) is 0.762. The first-order chi connectivity index (χ1) is 6.16. The lowest BCUT2D eigenvalue weighted by Gasteiger charge is -2.18. The Balaban J connectivity index is 2.88. The minimum absolute atomic E-state index is 0.0388. The van der Waals surface area contributed by atoms with Crippen LogP contribution in [0.3, 0.4) is 0 Å². The molecule has 1 aromatic carbocycles. The van der Waals surface area contributed by atoms with Gasteiger partial charge in [-0.3, -0.25) is 0 Å². The van der Waals surface area contributed by atoms with Crippen molar-refractivity contribution in [2.45, 2.75) is 32.2 Å². The van der Waals surface area contributed by atoms with E-state index in [1.807, 2.05) is 19.9 Å². The Hall–Kier alpha value is -0.890. The molecule has 0 aliphatic carbocycles. The molecule has 1 aromatic rings. The van der Waals surface area contributed by atoms with Crippen LogP contribution in [0.15, 0.2) is 24.3 Å². The highest BCUT2D eigenvalue weighted by molar-refractivity contribution is 5.22. The van der Waals surface area contributed by atoms with Gasteiger partial charge in [-0.2, -0.15) is 0 Å². The standard InChI is InChI=1S/C11H16FN/c1-3-11(13)8(2)9-6-4-5-7-10(9)12/h4-8,11H,3,13H2,1-2H3. The maximum absolute atomic E-state index is 13.3. The second kappa shape index (κ2) is 4.38. The van der Waals surface area contributed by atoms with Crippen molar-refractivity contribution in [3.05, 3.63) is 35.6 Å². The first-order valence-electron chi connectivity index (χ1n) is 4.66. The summed E-state index contributed by atoms with van der Waals surface area (Å²) in [6.07, 6.45) is 0.871. The van der Waals surface area contributed by atoms with Gasteiger partial charge in [0.15, 0.2) is 0 Å². The molecule has 0 heterocycles. The summed E-state index contributed by atoms with van der Waals surface area (Å²) in [7, 11) is 0. The van der Waals surface area contributed by atoms with Crippen molar-refractivity contribution in [2.75, 3.05) is 0 Å². The largest absolute Gasteiger partial charge is 0.327 e. The maximum Gasteiger partial charge on any atom is 0.126 e. The van der Waals surface area contributed by atoms with Gasteiger partial charge in [0.1, 0.15) is 5.82 Å². The molecule has 0 radical (unpaired) electrons. The predicted octanol–water partition coefficient (Wildman–Crippen LogP) is 2.67. The fourth-order valence-corrected chi connectivity index (χ4v) is 1.43. The Bertz CT molecular complexity index is 273. The first kappa shape index (κ1) is 10.2. The normalized spacial score (nSPS) is 15.4. The molecule has 0 saturated carbocycles. The van der Waals surface area contributed by atoms with Crippen molar-refractivity contribution >= 4 is 0 Å². The van der Waals surface area contributed by atoms with Gasteiger partial charge in [-0.05, 0) is 24.0 Å². The molecule has 0 aromatic heterocycles. The van der Waals surface area contributed by atoms with E-state index in [1.54, 1.807) is 12.1 Å². The van der Waals surface area contributed by atoms with E-state index in [9.17, 15) is 4.39 Å². The Kier molecular flexibility index (Phi) is 3.43. The molecule has 0 spiro atoms. The molecular weight excluding hydrogens is 165 g/mol. The van der Waals surface area contributed by atoms with Crippen LogP contribution in [0.1, 0.15) is 31.7 Å². The van der Waals surface area contributed by atoms with Crippen molar-refractivity contribution in [3.8, 4) is 0 Å². The van der Waals surface area contributed by atoms with Gasteiger partial charge in [-0.1, -0.05) is 32.0 Å². The van der Waals surface area contributed by atoms with Crippen LogP contribution in [0, 0.1) is 5.82 Å². The van der Waals surface area contributed by atoms with Gasteiger partial charge in [-0.25, -0.2) is 4.39 Å². The number of benzene rings is 1. The molecule has 0 bridgehead atoms. The van der Waals surface area contributed by atoms with Gasteiger partial charge in [-0.15, -0.1) is 0 Å². The number of rotatable bonds is 3. The van der Waals surface area contributed by atoms with E-state index in [2.05, 4.69) is 0 Å². The molecule has 0 amide bonds. The molecule has 2 N–H and O–H groups in total. The third-order valence-corrected chi connectivity index (χ3v) is 2.51. The molecular formula is C11H16FN. The summed E-state index contributed by atoms with van der Waals surface area (Å²) in [5.74, 6) is -0.0647. The van der Waals surface area contributed by atoms with Gasteiger partial charge >= 0.3 is 0 Å². The summed E-state index contributed by atoms with van der Waals surface area (Å²) in [4.78, 5) is 0. The average Bonchev–Trinajstić information content (AvgIpc) is 2.16. The average molecular weight is 181 g/mol. The molecule has 72 valence electrons. The van der Waals surface area contributed by atoms with Gasteiger partial charge in [0.05, 0.1) is 0 Å². The fourth-order valence-electron chi connectivity index (χ4n) is 1.43. The van der Waals surface area contributed by atoms with Crippen LogP contribution in [0.4, 0.5) is 4.39 Å². The van der Waals surface area contributed by atoms with Gasteiger partial charge in [0.25, 0.3) is 0 Å². The van der Waals surface area contributed by atoms with E-state index in [4.69, 9.17) is 5.73 Å². The third kappa shape index (κ3) is 2.28. The van der Waals surface area contributed by atoms with Crippen LogP contribution in [0.5, 0.6) is 0 Å². The predicted molar refractivity (Wildman–Crippen MR) is 53.1 cm³/mol. The van der Waals surface area contributed by atoms with Crippen molar-refractivity contribution in [1.29, 1.82) is 0 Å². The molecule has 0 saturated heterocycles. The number of nitrogens with two attached hydrogens (primary N) is 1. The van der Waals surface area contributed by atoms with E-state index >= 15 is 0 Å². The van der Waals surface area contributed by atoms with E-state index in [1.165, 1.54) is 6.07 Å². The minimum Gasteiger partial charge on any atom is -0.327 e. The molecule has 2 heteroatoms. The molecule has 0 aliphatic heterocycles. The smallest absolute Gasteiger partial charge is 0.126 e. The summed E-state index contributed by atoms with van der Waals surface area (Å²) < 4.78 is 13.3. The Labute approximate surface area is 78.8 Å². The first-order valence-corrected chi connectivity index (χ1v) is 4.66. The van der Waals surface area contributed by atoms with E-state index in [0.717, 1.165) is 12.0 Å². The molecule has 2 unspecified atom stereocenters. The Morgan fingerprint density at radius 1 is 1.38 bits per heavy atom. The summed E-state index contributed by atoms with van der Waals surface area (Å²) in [5.41, 5.74) is 6.57. The number of halogens is 1. The highest BCUT2D eigenvalue weighted by Crippen LogP contribution is 2.22. The zero-order valence-corrected chi connectivity index (χ0v) is 8.13. The summed E-state index contributed by atoms with van der Waals surface area (Å²) >= 11 is 0. The van der Waals surface area contributed by atoms with E-state index < -0.39 is 0 Å². The highest BCUT2D eigenvalue weighted by atomic mass is 19.1. The second-order valence-electron chi connectivity index (χ2n) is 3.38. The van der Waals surface area contributed by atoms with Gasteiger partial charge in [0.2, 0.25) is 0 Å². The van der Waals surface area contributed by atoms with Crippen LogP contribution in [0.2, 0.25) is 0 Å². The van der Waals surface area contributed by atoms with Crippen LogP contribution >= 0.6 is 0 Å². The van der Waals surface area contributed by atoms with Crippen molar-refractivity contribution in [1.82, 2.24) is 0 Å². The maximum atomic E-state index is 13.3. The van der Waals surface area contributed by atoms with Gasteiger partial charge in [0, 0.05) is 6.04 Å². The zero-order chi connectivity index (χ0) is 9.84. The third-order valence-electron chi connectivity index (χ3n) is 2.51. The van der Waals surface area contributed by atoms with Crippen molar-refractivity contribution < 1.29 is 4.39 Å². The molecule has 1 nitrogen and oxygen atoms in total. The Morgan fingerprint density at radius 3 is 2.54 bits per heavy atom. The Morgan fingerprint density at radius 2 is 2.00 bits per heavy atom. The minimum atomic E-state index is -0.154. The van der Waals surface area contributed by atoms with Crippen LogP contribution in [-0.2, 0) is 0 Å². The topological polar surface area (TPSA) is 26.0 Å². The van der Waals surface area contributed by atoms with Crippen LogP contribution < -0.4 is 5.73 Å². The van der Waals surface area contributed by atoms with Crippen LogP contribution in [0.25, 0.3) is 0 Å². The van der Waals surface area contributed by atoms with E-state index in [0.29, 0.717) is 0 Å². The molecule has 13 heavy (non-hydrogen) atoms. The number of hydrogen-bond acceptors (Lipinski definition) is 1. The fraction of sp³-hybridized carbons (Fsp3) is 0.455. The number of hydrogen-bond donors (Lipinski definition) is 1. The molecule has 0 aliphatic rings. The van der Waals surface area contributed by atoms with Crippen molar-refractivity contribution in [2.24, 2.45) is 5.73 Å². The monoisotopic (exact) mass is 181 g/mol. The lowest BCUT2D eigenvalue weighted by atomic mass is 9.92.